The maximum Gasteiger partial charge on any atom is 0.136 e. The van der Waals surface area contributed by atoms with E-state index in [-0.39, 0.29) is 68.0 Å². The highest BCUT2D eigenvalue weighted by atomic mass is 16.3. The normalized spacial score (nSPS) is 16.0. The lowest BCUT2D eigenvalue weighted by Gasteiger charge is -2.20. The molecule has 0 saturated heterocycles. The molecule has 0 aliphatic heterocycles. The standard InChI is InChI=1S/C42H26O/c1-2-13-28(14-3-1)36-25-37-30-18-10-11-24-39(30)43-40(37)26-38(36)42-34-21-8-6-19-32(34)41(33-20-7-9-22-35(33)42)31-23-12-16-27-15-4-5-17-29(27)31/h1-26H/i4D,5D,10D,11D,12D,15D,16D,17D,18D,23D,24D,25D,26D. The van der Waals surface area contributed by atoms with E-state index in [0.29, 0.717) is 43.8 Å². The number of hydrogen-bond acceptors (Lipinski definition) is 1. The van der Waals surface area contributed by atoms with Gasteiger partial charge in [-0.15, -0.1) is 0 Å². The zero-order valence-electron chi connectivity index (χ0n) is 35.4. The van der Waals surface area contributed by atoms with Crippen molar-refractivity contribution in [1.82, 2.24) is 0 Å². The zero-order chi connectivity index (χ0) is 39.6. The zero-order valence-corrected chi connectivity index (χ0v) is 22.4. The summed E-state index contributed by atoms with van der Waals surface area (Å²) >= 11 is 0. The van der Waals surface area contributed by atoms with Crippen LogP contribution in [0.15, 0.2) is 162 Å². The van der Waals surface area contributed by atoms with Crippen LogP contribution in [0.25, 0.3) is 87.6 Å². The van der Waals surface area contributed by atoms with Crippen molar-refractivity contribution < 1.29 is 22.2 Å². The summed E-state index contributed by atoms with van der Waals surface area (Å²) < 4.78 is 121. The van der Waals surface area contributed by atoms with Gasteiger partial charge in [0, 0.05) is 10.8 Å². The second-order valence-electron chi connectivity index (χ2n) is 10.2. The molecule has 0 amide bonds. The Hall–Kier alpha value is -5.66. The van der Waals surface area contributed by atoms with Crippen molar-refractivity contribution in [3.8, 4) is 33.4 Å². The molecule has 1 heterocycles. The lowest BCUT2D eigenvalue weighted by atomic mass is 9.82. The number of benzene rings is 8. The topological polar surface area (TPSA) is 13.1 Å². The first-order valence-corrected chi connectivity index (χ1v) is 13.7. The molecular formula is C42H26O. The first-order valence-electron chi connectivity index (χ1n) is 20.2. The summed E-state index contributed by atoms with van der Waals surface area (Å²) in [6.07, 6.45) is 0. The first-order chi connectivity index (χ1) is 26.8. The third-order valence-electron chi connectivity index (χ3n) is 7.88. The van der Waals surface area contributed by atoms with Gasteiger partial charge in [-0.05, 0) is 83.8 Å². The summed E-state index contributed by atoms with van der Waals surface area (Å²) in [6, 6.07) is 17.8. The number of para-hydroxylation sites is 1. The lowest BCUT2D eigenvalue weighted by molar-refractivity contribution is 0.669. The Labute approximate surface area is 267 Å². The van der Waals surface area contributed by atoms with E-state index < -0.39 is 54.4 Å². The van der Waals surface area contributed by atoms with Gasteiger partial charge in [0.2, 0.25) is 0 Å². The van der Waals surface area contributed by atoms with Crippen molar-refractivity contribution in [2.45, 2.75) is 0 Å². The van der Waals surface area contributed by atoms with Crippen LogP contribution >= 0.6 is 0 Å². The van der Waals surface area contributed by atoms with Crippen molar-refractivity contribution in [1.29, 1.82) is 0 Å². The van der Waals surface area contributed by atoms with Crippen molar-refractivity contribution >= 4 is 54.3 Å². The molecule has 0 fully saturated rings. The van der Waals surface area contributed by atoms with Crippen LogP contribution in [0.2, 0.25) is 0 Å². The predicted octanol–water partition coefficient (Wildman–Crippen LogP) is 12.0. The Morgan fingerprint density at radius 1 is 0.395 bits per heavy atom. The van der Waals surface area contributed by atoms with E-state index >= 15 is 0 Å². The minimum atomic E-state index is -0.555. The van der Waals surface area contributed by atoms with Gasteiger partial charge in [-0.3, -0.25) is 0 Å². The Kier molecular flexibility index (Phi) is 3.18. The van der Waals surface area contributed by atoms with Crippen molar-refractivity contribution in [3.05, 3.63) is 157 Å². The van der Waals surface area contributed by atoms with Gasteiger partial charge in [0.15, 0.2) is 0 Å². The van der Waals surface area contributed by atoms with Crippen LogP contribution in [0, 0.1) is 0 Å². The molecule has 0 atom stereocenters. The average molecular weight is 560 g/mol. The molecule has 0 aliphatic carbocycles. The summed E-state index contributed by atoms with van der Waals surface area (Å²) in [6.45, 7) is 0. The molecule has 0 saturated carbocycles. The smallest absolute Gasteiger partial charge is 0.136 e. The van der Waals surface area contributed by atoms with Crippen LogP contribution in [0.4, 0.5) is 0 Å². The summed E-state index contributed by atoms with van der Waals surface area (Å²) in [5.41, 5.74) is 1.84. The molecule has 9 rings (SSSR count). The molecular weight excluding hydrogens is 520 g/mol. The van der Waals surface area contributed by atoms with Crippen LogP contribution in [0.3, 0.4) is 0 Å². The monoisotopic (exact) mass is 559 g/mol. The predicted molar refractivity (Wildman–Crippen MR) is 183 cm³/mol. The number of hydrogen-bond donors (Lipinski definition) is 0. The maximum absolute atomic E-state index is 9.85. The maximum atomic E-state index is 9.85. The molecule has 8 aromatic carbocycles. The molecule has 9 aromatic rings. The van der Waals surface area contributed by atoms with Gasteiger partial charge >= 0.3 is 0 Å². The summed E-state index contributed by atoms with van der Waals surface area (Å²) in [5.74, 6) is 0. The third kappa shape index (κ3) is 3.65. The first kappa shape index (κ1) is 14.5. The van der Waals surface area contributed by atoms with E-state index in [1.165, 1.54) is 0 Å². The van der Waals surface area contributed by atoms with E-state index in [4.69, 9.17) is 18.1 Å². The quantitative estimate of drug-likeness (QED) is 0.196. The SMILES string of the molecule is [2H]c1c([2H])c([2H])c2c(oc3c([2H])c(-c4c5ccccc5c(-c5c([2H])c([2H])c([2H])c6c([2H])c([2H])c([2H])c([2H])c56)c5ccccc45)c(-c4ccccc4)c([2H])c32)c1[2H]. The second-order valence-corrected chi connectivity index (χ2v) is 10.2. The minimum Gasteiger partial charge on any atom is -0.456 e. The molecule has 1 aromatic heterocycles. The van der Waals surface area contributed by atoms with Gasteiger partial charge in [-0.2, -0.15) is 0 Å². The molecule has 0 spiro atoms. The van der Waals surface area contributed by atoms with Crippen LogP contribution in [-0.2, 0) is 0 Å². The highest BCUT2D eigenvalue weighted by molar-refractivity contribution is 6.25. The van der Waals surface area contributed by atoms with Crippen LogP contribution in [0.1, 0.15) is 17.8 Å². The fourth-order valence-electron chi connectivity index (χ4n) is 6.07. The molecule has 0 unspecified atom stereocenters. The van der Waals surface area contributed by atoms with Crippen LogP contribution in [-0.4, -0.2) is 0 Å². The molecule has 0 bridgehead atoms. The Balaban J connectivity index is 1.54. The number of fused-ring (bicyclic) bond motifs is 6. The second kappa shape index (κ2) is 9.44. The minimum absolute atomic E-state index is 0.00162. The van der Waals surface area contributed by atoms with Gasteiger partial charge < -0.3 is 4.42 Å². The van der Waals surface area contributed by atoms with Crippen molar-refractivity contribution in [2.24, 2.45) is 0 Å². The van der Waals surface area contributed by atoms with Gasteiger partial charge in [-0.1, -0.05) is 139 Å². The average Bonchev–Trinajstić information content (AvgIpc) is 3.63. The fourth-order valence-corrected chi connectivity index (χ4v) is 6.07. The van der Waals surface area contributed by atoms with Crippen LogP contribution < -0.4 is 0 Å². The van der Waals surface area contributed by atoms with E-state index in [1.54, 1.807) is 60.7 Å². The number of rotatable bonds is 3. The van der Waals surface area contributed by atoms with Crippen molar-refractivity contribution in [2.75, 3.05) is 0 Å². The van der Waals surface area contributed by atoms with E-state index in [9.17, 15) is 4.11 Å². The Bertz CT molecular complexity index is 3160. The Morgan fingerprint density at radius 2 is 0.977 bits per heavy atom. The highest BCUT2D eigenvalue weighted by Gasteiger charge is 2.21. The van der Waals surface area contributed by atoms with Gasteiger partial charge in [0.05, 0.1) is 17.8 Å². The van der Waals surface area contributed by atoms with Crippen LogP contribution in [0.5, 0.6) is 0 Å². The molecule has 0 radical (unpaired) electrons. The highest BCUT2D eigenvalue weighted by Crippen LogP contribution is 2.48. The summed E-state index contributed by atoms with van der Waals surface area (Å²) in [4.78, 5) is 0. The van der Waals surface area contributed by atoms with Gasteiger partial charge in [-0.25, -0.2) is 0 Å². The molecule has 200 valence electrons. The third-order valence-corrected chi connectivity index (χ3v) is 7.88. The van der Waals surface area contributed by atoms with E-state index in [1.807, 2.05) is 18.2 Å². The Morgan fingerprint density at radius 3 is 1.70 bits per heavy atom. The fraction of sp³-hybridized carbons (Fsp3) is 0. The van der Waals surface area contributed by atoms with E-state index in [0.717, 1.165) is 0 Å². The van der Waals surface area contributed by atoms with E-state index in [2.05, 4.69) is 0 Å². The number of furan rings is 1. The van der Waals surface area contributed by atoms with Gasteiger partial charge in [0.25, 0.3) is 0 Å². The van der Waals surface area contributed by atoms with Crippen molar-refractivity contribution in [3.63, 3.8) is 0 Å². The molecule has 1 nitrogen and oxygen atoms in total. The molecule has 1 heteroatoms. The largest absolute Gasteiger partial charge is 0.456 e. The molecule has 0 N–H and O–H groups in total. The summed E-state index contributed by atoms with van der Waals surface area (Å²) in [5, 5.41) is 1.94. The molecule has 0 aliphatic rings. The van der Waals surface area contributed by atoms with Gasteiger partial charge in [0.1, 0.15) is 11.2 Å². The summed E-state index contributed by atoms with van der Waals surface area (Å²) in [7, 11) is 0. The molecule has 43 heavy (non-hydrogen) atoms. The lowest BCUT2D eigenvalue weighted by Crippen LogP contribution is -1.93.